The van der Waals surface area contributed by atoms with E-state index in [1.54, 1.807) is 62.6 Å². The minimum Gasteiger partial charge on any atom is -0.497 e. The van der Waals surface area contributed by atoms with Gasteiger partial charge in [0, 0.05) is 13.6 Å². The van der Waals surface area contributed by atoms with Gasteiger partial charge in [-0.2, -0.15) is 0 Å². The second-order valence-electron chi connectivity index (χ2n) is 9.73. The zero-order valence-corrected chi connectivity index (χ0v) is 24.2. The first-order valence-electron chi connectivity index (χ1n) is 12.8. The number of rotatable bonds is 11. The van der Waals surface area contributed by atoms with Crippen LogP contribution in [0.1, 0.15) is 43.4 Å². The molecule has 3 aromatic rings. The molecule has 0 bridgehead atoms. The molecule has 8 nitrogen and oxygen atoms in total. The summed E-state index contributed by atoms with van der Waals surface area (Å²) in [6.45, 7) is 7.24. The molecule has 0 spiro atoms. The summed E-state index contributed by atoms with van der Waals surface area (Å²) >= 11 is 0. The Morgan fingerprint density at radius 3 is 2.00 bits per heavy atom. The van der Waals surface area contributed by atoms with E-state index in [-0.39, 0.29) is 23.3 Å². The van der Waals surface area contributed by atoms with Crippen LogP contribution in [0.3, 0.4) is 0 Å². The Morgan fingerprint density at radius 1 is 0.897 bits per heavy atom. The van der Waals surface area contributed by atoms with E-state index in [1.807, 2.05) is 19.1 Å². The van der Waals surface area contributed by atoms with Crippen molar-refractivity contribution in [3.63, 3.8) is 0 Å². The Kier molecular flexibility index (Phi) is 9.75. The van der Waals surface area contributed by atoms with E-state index in [2.05, 4.69) is 19.2 Å². The molecule has 0 heterocycles. The van der Waals surface area contributed by atoms with E-state index in [9.17, 15) is 18.0 Å². The molecular weight excluding hydrogens is 514 g/mol. The smallest absolute Gasteiger partial charge is 0.264 e. The first-order chi connectivity index (χ1) is 18.5. The first kappa shape index (κ1) is 29.7. The molecule has 1 N–H and O–H groups in total. The van der Waals surface area contributed by atoms with Crippen molar-refractivity contribution >= 4 is 27.5 Å². The third kappa shape index (κ3) is 7.17. The summed E-state index contributed by atoms with van der Waals surface area (Å²) in [5.41, 5.74) is 3.11. The van der Waals surface area contributed by atoms with Crippen molar-refractivity contribution in [2.24, 2.45) is 0 Å². The Labute approximate surface area is 231 Å². The van der Waals surface area contributed by atoms with Crippen molar-refractivity contribution < 1.29 is 22.7 Å². The average Bonchev–Trinajstić information content (AvgIpc) is 2.94. The maximum absolute atomic E-state index is 13.9. The number of benzene rings is 3. The zero-order chi connectivity index (χ0) is 28.7. The largest absolute Gasteiger partial charge is 0.497 e. The maximum Gasteiger partial charge on any atom is 0.264 e. The van der Waals surface area contributed by atoms with Gasteiger partial charge in [-0.15, -0.1) is 0 Å². The normalized spacial score (nSPS) is 12.1. The van der Waals surface area contributed by atoms with Gasteiger partial charge in [0.1, 0.15) is 18.3 Å². The summed E-state index contributed by atoms with van der Waals surface area (Å²) in [4.78, 5) is 27.9. The quantitative estimate of drug-likeness (QED) is 0.379. The fraction of sp³-hybridized carbons (Fsp3) is 0.333. The highest BCUT2D eigenvalue weighted by Gasteiger charge is 2.32. The van der Waals surface area contributed by atoms with Gasteiger partial charge in [-0.1, -0.05) is 55.8 Å². The maximum atomic E-state index is 13.9. The number of anilines is 1. The molecule has 0 aliphatic rings. The first-order valence-corrected chi connectivity index (χ1v) is 14.2. The number of hydrogen-bond donors (Lipinski definition) is 1. The number of aryl methyl sites for hydroxylation is 1. The number of carbonyl (C=O) groups is 2. The summed E-state index contributed by atoms with van der Waals surface area (Å²) in [5, 5.41) is 2.58. The van der Waals surface area contributed by atoms with Crippen molar-refractivity contribution in [2.75, 3.05) is 25.0 Å². The van der Waals surface area contributed by atoms with Crippen molar-refractivity contribution in [1.29, 1.82) is 0 Å². The van der Waals surface area contributed by atoms with Gasteiger partial charge in [-0.05, 0) is 67.3 Å². The van der Waals surface area contributed by atoms with Crippen LogP contribution in [0.4, 0.5) is 5.69 Å². The lowest BCUT2D eigenvalue weighted by Crippen LogP contribution is -2.50. The fourth-order valence-corrected chi connectivity index (χ4v) is 5.53. The third-order valence-electron chi connectivity index (χ3n) is 6.66. The summed E-state index contributed by atoms with van der Waals surface area (Å²) < 4.78 is 34.1. The van der Waals surface area contributed by atoms with Crippen LogP contribution < -0.4 is 14.4 Å². The fourth-order valence-electron chi connectivity index (χ4n) is 4.11. The Morgan fingerprint density at radius 2 is 1.49 bits per heavy atom. The second kappa shape index (κ2) is 12.8. The number of carbonyl (C=O) groups excluding carboxylic acids is 2. The highest BCUT2D eigenvalue weighted by molar-refractivity contribution is 7.92. The van der Waals surface area contributed by atoms with Crippen LogP contribution in [0.5, 0.6) is 5.75 Å². The number of sulfonamides is 1. The number of nitrogens with zero attached hydrogens (tertiary/aromatic N) is 2. The molecule has 208 valence electrons. The summed E-state index contributed by atoms with van der Waals surface area (Å²) in [5.74, 6) is 0.0593. The molecule has 2 amide bonds. The predicted molar refractivity (Wildman–Crippen MR) is 153 cm³/mol. The molecule has 9 heteroatoms. The predicted octanol–water partition coefficient (Wildman–Crippen LogP) is 4.49. The van der Waals surface area contributed by atoms with Crippen LogP contribution in [0.2, 0.25) is 0 Å². The highest BCUT2D eigenvalue weighted by atomic mass is 32.2. The topological polar surface area (TPSA) is 96.0 Å². The lowest BCUT2D eigenvalue weighted by Gasteiger charge is -2.32. The van der Waals surface area contributed by atoms with Gasteiger partial charge in [-0.25, -0.2) is 8.42 Å². The number of methoxy groups -OCH3 is 1. The molecule has 1 atom stereocenters. The molecule has 3 rings (SSSR count). The van der Waals surface area contributed by atoms with E-state index in [4.69, 9.17) is 4.74 Å². The molecule has 1 unspecified atom stereocenters. The lowest BCUT2D eigenvalue weighted by molar-refractivity contribution is -0.139. The average molecular weight is 552 g/mol. The van der Waals surface area contributed by atoms with Gasteiger partial charge < -0.3 is 15.0 Å². The molecule has 0 aliphatic heterocycles. The van der Waals surface area contributed by atoms with E-state index >= 15 is 0 Å². The van der Waals surface area contributed by atoms with Crippen LogP contribution in [0.25, 0.3) is 0 Å². The lowest BCUT2D eigenvalue weighted by atomic mass is 10.0. The molecular formula is C30H37N3O5S. The van der Waals surface area contributed by atoms with Gasteiger partial charge in [0.2, 0.25) is 11.8 Å². The van der Waals surface area contributed by atoms with Gasteiger partial charge >= 0.3 is 0 Å². The Hall–Kier alpha value is -3.85. The molecule has 3 aromatic carbocycles. The Balaban J connectivity index is 2.03. The van der Waals surface area contributed by atoms with Gasteiger partial charge in [-0.3, -0.25) is 13.9 Å². The van der Waals surface area contributed by atoms with Crippen molar-refractivity contribution in [3.8, 4) is 5.75 Å². The molecule has 0 saturated heterocycles. The van der Waals surface area contributed by atoms with E-state index in [0.717, 1.165) is 21.0 Å². The number of nitrogens with one attached hydrogen (secondary N) is 1. The summed E-state index contributed by atoms with van der Waals surface area (Å²) in [6.07, 6.45) is 0. The van der Waals surface area contributed by atoms with E-state index < -0.39 is 28.5 Å². The molecule has 0 fully saturated rings. The van der Waals surface area contributed by atoms with E-state index in [1.165, 1.54) is 24.1 Å². The number of ether oxygens (including phenoxy) is 1. The highest BCUT2D eigenvalue weighted by Crippen LogP contribution is 2.27. The minimum atomic E-state index is -4.10. The van der Waals surface area contributed by atoms with E-state index in [0.29, 0.717) is 11.4 Å². The monoisotopic (exact) mass is 551 g/mol. The van der Waals surface area contributed by atoms with Crippen LogP contribution in [0, 0.1) is 6.92 Å². The Bertz CT molecular complexity index is 1370. The number of hydrogen-bond acceptors (Lipinski definition) is 5. The molecule has 39 heavy (non-hydrogen) atoms. The van der Waals surface area contributed by atoms with Crippen LogP contribution in [-0.4, -0.2) is 51.9 Å². The molecule has 0 aliphatic carbocycles. The van der Waals surface area contributed by atoms with Crippen LogP contribution in [0.15, 0.2) is 77.7 Å². The molecule has 0 radical (unpaired) electrons. The van der Waals surface area contributed by atoms with Crippen LogP contribution in [-0.2, 0) is 26.2 Å². The zero-order valence-electron chi connectivity index (χ0n) is 23.3. The standard InChI is InChI=1S/C30H37N3O5S/c1-21(2)25-11-13-26(14-12-25)33(39(36,37)28-17-7-22(3)8-18-28)20-29(34)32(23(4)30(35)31-5)19-24-9-15-27(38-6)16-10-24/h7-18,21,23H,19-20H2,1-6H3,(H,31,35). The third-order valence-corrected chi connectivity index (χ3v) is 8.45. The van der Waals surface area contributed by atoms with Gasteiger partial charge in [0.25, 0.3) is 10.0 Å². The summed E-state index contributed by atoms with van der Waals surface area (Å²) in [7, 11) is -1.03. The van der Waals surface area contributed by atoms with Crippen molar-refractivity contribution in [3.05, 3.63) is 89.5 Å². The second-order valence-corrected chi connectivity index (χ2v) is 11.6. The van der Waals surface area contributed by atoms with Gasteiger partial charge in [0.05, 0.1) is 17.7 Å². The minimum absolute atomic E-state index is 0.0786. The van der Waals surface area contributed by atoms with Crippen molar-refractivity contribution in [1.82, 2.24) is 10.2 Å². The summed E-state index contributed by atoms with van der Waals surface area (Å²) in [6, 6.07) is 20.0. The van der Waals surface area contributed by atoms with Crippen LogP contribution >= 0.6 is 0 Å². The SMILES string of the molecule is CNC(=O)C(C)N(Cc1ccc(OC)cc1)C(=O)CN(c1ccc(C(C)C)cc1)S(=O)(=O)c1ccc(C)cc1. The number of amides is 2. The van der Waals surface area contributed by atoms with Gasteiger partial charge in [0.15, 0.2) is 0 Å². The van der Waals surface area contributed by atoms with Crippen molar-refractivity contribution in [2.45, 2.75) is 51.1 Å². The molecule has 0 aromatic heterocycles. The number of likely N-dealkylation sites (N-methyl/N-ethyl adjacent to an activating group) is 1. The molecule has 0 saturated carbocycles.